The number of benzene rings is 1. The van der Waals surface area contributed by atoms with Crippen LogP contribution in [0.15, 0.2) is 12.1 Å². The van der Waals surface area contributed by atoms with Gasteiger partial charge in [-0.15, -0.1) is 0 Å². The highest BCUT2D eigenvalue weighted by Gasteiger charge is 2.37. The average molecular weight is 276 g/mol. The van der Waals surface area contributed by atoms with Crippen molar-refractivity contribution < 1.29 is 26.9 Å². The van der Waals surface area contributed by atoms with Gasteiger partial charge < -0.3 is 0 Å². The Labute approximate surface area is 95.9 Å². The van der Waals surface area contributed by atoms with E-state index in [-0.39, 0.29) is 12.1 Å². The predicted molar refractivity (Wildman–Crippen MR) is 48.1 cm³/mol. The van der Waals surface area contributed by atoms with Gasteiger partial charge in [0.1, 0.15) is 0 Å². The molecule has 3 nitrogen and oxygen atoms in total. The Kier molecular flexibility index (Phi) is 3.56. The first-order valence-electron chi connectivity index (χ1n) is 3.97. The third kappa shape index (κ3) is 2.82. The van der Waals surface area contributed by atoms with Crippen LogP contribution in [0, 0.1) is 10.1 Å². The Bertz CT molecular complexity index is 460. The SMILES string of the molecule is O=[N+]([O-])c1cc(C(F)(F)F)c(Cl)cc1C(F)F. The summed E-state index contributed by atoms with van der Waals surface area (Å²) >= 11 is 5.16. The number of hydrogen-bond acceptors (Lipinski definition) is 2. The molecule has 0 bridgehead atoms. The third-order valence-corrected chi connectivity index (χ3v) is 2.17. The Morgan fingerprint density at radius 3 is 2.18 bits per heavy atom. The Morgan fingerprint density at radius 1 is 1.29 bits per heavy atom. The summed E-state index contributed by atoms with van der Waals surface area (Å²) in [5.74, 6) is 0. The lowest BCUT2D eigenvalue weighted by Gasteiger charge is -2.10. The van der Waals surface area contributed by atoms with Crippen molar-refractivity contribution in [2.45, 2.75) is 12.6 Å². The molecule has 0 fully saturated rings. The largest absolute Gasteiger partial charge is 0.418 e. The van der Waals surface area contributed by atoms with Crippen molar-refractivity contribution in [1.29, 1.82) is 0 Å². The van der Waals surface area contributed by atoms with Crippen molar-refractivity contribution in [2.24, 2.45) is 0 Å². The highest BCUT2D eigenvalue weighted by Crippen LogP contribution is 2.40. The van der Waals surface area contributed by atoms with E-state index >= 15 is 0 Å². The maximum atomic E-state index is 12.4. The van der Waals surface area contributed by atoms with Crippen molar-refractivity contribution >= 4 is 17.3 Å². The first-order valence-corrected chi connectivity index (χ1v) is 4.35. The number of nitro benzene ring substituents is 1. The van der Waals surface area contributed by atoms with Crippen LogP contribution < -0.4 is 0 Å². The molecule has 94 valence electrons. The number of alkyl halides is 5. The molecular weight excluding hydrogens is 273 g/mol. The maximum absolute atomic E-state index is 12.4. The van der Waals surface area contributed by atoms with Crippen LogP contribution in [0.25, 0.3) is 0 Å². The van der Waals surface area contributed by atoms with Crippen LogP contribution in [0.2, 0.25) is 5.02 Å². The van der Waals surface area contributed by atoms with E-state index < -0.39 is 39.4 Å². The minimum atomic E-state index is -4.94. The molecule has 0 heterocycles. The van der Waals surface area contributed by atoms with Gasteiger partial charge in [-0.05, 0) is 6.07 Å². The van der Waals surface area contributed by atoms with Crippen LogP contribution in [0.1, 0.15) is 17.6 Å². The summed E-state index contributed by atoms with van der Waals surface area (Å²) in [5.41, 5.74) is -3.97. The molecule has 1 aromatic rings. The highest BCUT2D eigenvalue weighted by molar-refractivity contribution is 6.31. The van der Waals surface area contributed by atoms with E-state index in [9.17, 15) is 32.1 Å². The molecule has 17 heavy (non-hydrogen) atoms. The number of nitro groups is 1. The molecule has 0 aliphatic rings. The van der Waals surface area contributed by atoms with Gasteiger partial charge in [0.05, 0.1) is 21.1 Å². The topological polar surface area (TPSA) is 43.1 Å². The van der Waals surface area contributed by atoms with E-state index in [0.29, 0.717) is 0 Å². The van der Waals surface area contributed by atoms with E-state index in [4.69, 9.17) is 11.6 Å². The lowest BCUT2D eigenvalue weighted by atomic mass is 10.1. The van der Waals surface area contributed by atoms with E-state index in [2.05, 4.69) is 0 Å². The van der Waals surface area contributed by atoms with Crippen molar-refractivity contribution in [1.82, 2.24) is 0 Å². The fraction of sp³-hybridized carbons (Fsp3) is 0.250. The summed E-state index contributed by atoms with van der Waals surface area (Å²) in [6.45, 7) is 0. The second kappa shape index (κ2) is 4.44. The Morgan fingerprint density at radius 2 is 1.82 bits per heavy atom. The van der Waals surface area contributed by atoms with Gasteiger partial charge in [-0.3, -0.25) is 10.1 Å². The van der Waals surface area contributed by atoms with Crippen molar-refractivity contribution in [3.8, 4) is 0 Å². The zero-order valence-corrected chi connectivity index (χ0v) is 8.52. The quantitative estimate of drug-likeness (QED) is 0.461. The second-order valence-corrected chi connectivity index (χ2v) is 3.35. The first kappa shape index (κ1) is 13.6. The summed E-state index contributed by atoms with van der Waals surface area (Å²) < 4.78 is 61.7. The predicted octanol–water partition coefficient (Wildman–Crippen LogP) is 4.20. The molecule has 0 N–H and O–H groups in total. The number of nitrogens with zero attached hydrogens (tertiary/aromatic N) is 1. The third-order valence-electron chi connectivity index (χ3n) is 1.85. The van der Waals surface area contributed by atoms with Gasteiger partial charge in [-0.25, -0.2) is 8.78 Å². The summed E-state index contributed by atoms with van der Waals surface area (Å²) in [5, 5.41) is 9.38. The van der Waals surface area contributed by atoms with Gasteiger partial charge >= 0.3 is 6.18 Å². The highest BCUT2D eigenvalue weighted by atomic mass is 35.5. The van der Waals surface area contributed by atoms with Crippen LogP contribution in [-0.2, 0) is 6.18 Å². The smallest absolute Gasteiger partial charge is 0.258 e. The average Bonchev–Trinajstić information content (AvgIpc) is 2.14. The van der Waals surface area contributed by atoms with Crippen LogP contribution in [0.5, 0.6) is 0 Å². The molecule has 9 heteroatoms. The molecule has 0 amide bonds. The Balaban J connectivity index is 3.51. The molecule has 0 unspecified atom stereocenters. The summed E-state index contributed by atoms with van der Waals surface area (Å²) in [7, 11) is 0. The standard InChI is InChI=1S/C8H3ClF5NO2/c9-5-1-3(7(10)11)6(15(16)17)2-4(5)8(12,13)14/h1-2,7H. The molecule has 1 aromatic carbocycles. The van der Waals surface area contributed by atoms with Gasteiger partial charge in [0.2, 0.25) is 0 Å². The zero-order valence-electron chi connectivity index (χ0n) is 7.76. The van der Waals surface area contributed by atoms with Crippen molar-refractivity contribution in [3.05, 3.63) is 38.4 Å². The van der Waals surface area contributed by atoms with E-state index in [1.807, 2.05) is 0 Å². The lowest BCUT2D eigenvalue weighted by Crippen LogP contribution is -2.08. The number of hydrogen-bond donors (Lipinski definition) is 0. The van der Waals surface area contributed by atoms with Gasteiger partial charge in [-0.2, -0.15) is 13.2 Å². The van der Waals surface area contributed by atoms with Gasteiger partial charge in [0, 0.05) is 6.07 Å². The second-order valence-electron chi connectivity index (χ2n) is 2.95. The number of halogens is 6. The minimum Gasteiger partial charge on any atom is -0.258 e. The summed E-state index contributed by atoms with van der Waals surface area (Å²) in [6.07, 6.45) is -8.22. The number of rotatable bonds is 2. The van der Waals surface area contributed by atoms with Gasteiger partial charge in [0.25, 0.3) is 12.1 Å². The molecule has 0 radical (unpaired) electrons. The molecule has 0 spiro atoms. The van der Waals surface area contributed by atoms with Crippen LogP contribution >= 0.6 is 11.6 Å². The molecule has 0 saturated heterocycles. The van der Waals surface area contributed by atoms with Crippen molar-refractivity contribution in [3.63, 3.8) is 0 Å². The maximum Gasteiger partial charge on any atom is 0.418 e. The normalized spacial score (nSPS) is 11.9. The van der Waals surface area contributed by atoms with Gasteiger partial charge in [-0.1, -0.05) is 11.6 Å². The Hall–Kier alpha value is -1.44. The van der Waals surface area contributed by atoms with Crippen LogP contribution in [0.4, 0.5) is 27.6 Å². The summed E-state index contributed by atoms with van der Waals surface area (Å²) in [6, 6.07) is 0.261. The van der Waals surface area contributed by atoms with Crippen LogP contribution in [-0.4, -0.2) is 4.92 Å². The van der Waals surface area contributed by atoms with Crippen molar-refractivity contribution in [2.75, 3.05) is 0 Å². The molecule has 0 aromatic heterocycles. The molecular formula is C8H3ClF5NO2. The fourth-order valence-electron chi connectivity index (χ4n) is 1.13. The molecule has 0 aliphatic carbocycles. The minimum absolute atomic E-state index is 0.00380. The molecule has 0 aliphatic heterocycles. The van der Waals surface area contributed by atoms with E-state index in [0.717, 1.165) is 0 Å². The van der Waals surface area contributed by atoms with Crippen LogP contribution in [0.3, 0.4) is 0 Å². The molecule has 1 rings (SSSR count). The first-order chi connectivity index (χ1) is 7.64. The molecule has 0 saturated carbocycles. The van der Waals surface area contributed by atoms with Gasteiger partial charge in [0.15, 0.2) is 0 Å². The van der Waals surface area contributed by atoms with E-state index in [1.165, 1.54) is 0 Å². The summed E-state index contributed by atoms with van der Waals surface area (Å²) in [4.78, 5) is 9.07. The monoisotopic (exact) mass is 275 g/mol. The molecule has 0 atom stereocenters. The van der Waals surface area contributed by atoms with E-state index in [1.54, 1.807) is 0 Å². The fourth-order valence-corrected chi connectivity index (χ4v) is 1.41. The zero-order chi connectivity index (χ0) is 13.4. The lowest BCUT2D eigenvalue weighted by molar-refractivity contribution is -0.386.